The Morgan fingerprint density at radius 1 is 1.62 bits per heavy atom. The number of nitro benzene ring substituents is 1. The lowest BCUT2D eigenvalue weighted by Crippen LogP contribution is -2.11. The summed E-state index contributed by atoms with van der Waals surface area (Å²) in [6, 6.07) is 4.38. The molecule has 0 bridgehead atoms. The molecule has 0 unspecified atom stereocenters. The van der Waals surface area contributed by atoms with Crippen LogP contribution in [0.2, 0.25) is 0 Å². The van der Waals surface area contributed by atoms with E-state index in [-0.39, 0.29) is 5.69 Å². The molecule has 0 heterocycles. The number of hydrogen-bond acceptors (Lipinski definition) is 5. The molecule has 0 spiro atoms. The van der Waals surface area contributed by atoms with Gasteiger partial charge in [0.15, 0.2) is 6.61 Å². The molecule has 1 rings (SSSR count). The Morgan fingerprint density at radius 2 is 2.31 bits per heavy atom. The van der Waals surface area contributed by atoms with E-state index in [4.69, 9.17) is 5.11 Å². The predicted molar refractivity (Wildman–Crippen MR) is 55.0 cm³/mol. The first kappa shape index (κ1) is 11.9. The number of carboxylic acids is 1. The van der Waals surface area contributed by atoms with E-state index in [1.54, 1.807) is 19.1 Å². The molecular weight excluding hydrogens is 216 g/mol. The molecule has 0 saturated carbocycles. The summed E-state index contributed by atoms with van der Waals surface area (Å²) in [4.78, 5) is 24.8. The van der Waals surface area contributed by atoms with Gasteiger partial charge in [-0.3, -0.25) is 20.4 Å². The minimum Gasteiger partial charge on any atom is -0.479 e. The van der Waals surface area contributed by atoms with Crippen molar-refractivity contribution in [1.82, 2.24) is 0 Å². The van der Waals surface area contributed by atoms with Crippen molar-refractivity contribution in [2.45, 2.75) is 6.92 Å². The van der Waals surface area contributed by atoms with Crippen LogP contribution in [0.5, 0.6) is 0 Å². The van der Waals surface area contributed by atoms with E-state index in [2.05, 4.69) is 10.3 Å². The summed E-state index contributed by atoms with van der Waals surface area (Å²) in [5.74, 6) is -1.13. The van der Waals surface area contributed by atoms with Gasteiger partial charge in [0, 0.05) is 11.6 Å². The van der Waals surface area contributed by atoms with Gasteiger partial charge in [-0.15, -0.1) is 0 Å². The van der Waals surface area contributed by atoms with Crippen LogP contribution in [-0.2, 0) is 9.63 Å². The second kappa shape index (κ2) is 5.08. The summed E-state index contributed by atoms with van der Waals surface area (Å²) in [6.45, 7) is 1.09. The first-order valence-electron chi connectivity index (χ1n) is 4.35. The highest BCUT2D eigenvalue weighted by Gasteiger charge is 2.10. The van der Waals surface area contributed by atoms with Crippen molar-refractivity contribution in [2.24, 2.45) is 0 Å². The molecule has 2 N–H and O–H groups in total. The van der Waals surface area contributed by atoms with Gasteiger partial charge in [-0.05, 0) is 13.0 Å². The minimum absolute atomic E-state index is 0.0519. The van der Waals surface area contributed by atoms with Crippen molar-refractivity contribution in [3.8, 4) is 0 Å². The largest absolute Gasteiger partial charge is 0.479 e. The number of benzene rings is 1. The molecule has 0 fully saturated rings. The first-order chi connectivity index (χ1) is 7.50. The average molecular weight is 226 g/mol. The average Bonchev–Trinajstić information content (AvgIpc) is 2.19. The number of hydrogen-bond donors (Lipinski definition) is 2. The minimum atomic E-state index is -1.13. The number of rotatable bonds is 5. The molecule has 0 aliphatic carbocycles. The summed E-state index contributed by atoms with van der Waals surface area (Å²) >= 11 is 0. The molecule has 0 radical (unpaired) electrons. The van der Waals surface area contributed by atoms with E-state index in [0.29, 0.717) is 11.3 Å². The number of nitrogens with one attached hydrogen (secondary N) is 1. The second-order valence-corrected chi connectivity index (χ2v) is 3.04. The van der Waals surface area contributed by atoms with Crippen LogP contribution in [0.3, 0.4) is 0 Å². The molecule has 0 aliphatic heterocycles. The second-order valence-electron chi connectivity index (χ2n) is 3.04. The van der Waals surface area contributed by atoms with E-state index in [0.717, 1.165) is 0 Å². The zero-order chi connectivity index (χ0) is 12.1. The van der Waals surface area contributed by atoms with Gasteiger partial charge >= 0.3 is 5.97 Å². The van der Waals surface area contributed by atoms with Gasteiger partial charge in [0.2, 0.25) is 0 Å². The highest BCUT2D eigenvalue weighted by molar-refractivity contribution is 5.68. The van der Waals surface area contributed by atoms with Gasteiger partial charge in [0.1, 0.15) is 0 Å². The maximum atomic E-state index is 10.6. The number of aliphatic carboxylic acids is 1. The van der Waals surface area contributed by atoms with Crippen molar-refractivity contribution >= 4 is 17.3 Å². The van der Waals surface area contributed by atoms with Crippen LogP contribution >= 0.6 is 0 Å². The van der Waals surface area contributed by atoms with Crippen molar-refractivity contribution in [3.63, 3.8) is 0 Å². The summed E-state index contributed by atoms with van der Waals surface area (Å²) in [5, 5.41) is 18.9. The monoisotopic (exact) mass is 226 g/mol. The van der Waals surface area contributed by atoms with E-state index < -0.39 is 17.5 Å². The molecule has 7 nitrogen and oxygen atoms in total. The summed E-state index contributed by atoms with van der Waals surface area (Å²) in [7, 11) is 0. The van der Waals surface area contributed by atoms with Crippen LogP contribution in [0.1, 0.15) is 5.56 Å². The Labute approximate surface area is 90.8 Å². The van der Waals surface area contributed by atoms with Gasteiger partial charge in [-0.25, -0.2) is 4.79 Å². The highest BCUT2D eigenvalue weighted by Crippen LogP contribution is 2.22. The topological polar surface area (TPSA) is 102 Å². The number of anilines is 1. The number of carbonyl (C=O) groups is 1. The molecule has 0 aromatic heterocycles. The molecule has 0 amide bonds. The predicted octanol–water partition coefficient (Wildman–Crippen LogP) is 1.33. The van der Waals surface area contributed by atoms with Gasteiger partial charge in [-0.2, -0.15) is 0 Å². The van der Waals surface area contributed by atoms with Crippen molar-refractivity contribution in [1.29, 1.82) is 0 Å². The lowest BCUT2D eigenvalue weighted by molar-refractivity contribution is -0.385. The molecule has 0 saturated heterocycles. The van der Waals surface area contributed by atoms with Crippen LogP contribution in [0.4, 0.5) is 11.4 Å². The third-order valence-corrected chi connectivity index (χ3v) is 1.79. The maximum Gasteiger partial charge on any atom is 0.332 e. The number of nitrogens with zero attached hydrogens (tertiary/aromatic N) is 1. The lowest BCUT2D eigenvalue weighted by atomic mass is 10.2. The molecule has 16 heavy (non-hydrogen) atoms. The molecular formula is C9H10N2O5. The van der Waals surface area contributed by atoms with Gasteiger partial charge in [-0.1, -0.05) is 6.07 Å². The molecule has 0 atom stereocenters. The zero-order valence-electron chi connectivity index (χ0n) is 8.47. The van der Waals surface area contributed by atoms with E-state index in [1.807, 2.05) is 0 Å². The first-order valence-corrected chi connectivity index (χ1v) is 4.35. The van der Waals surface area contributed by atoms with Crippen LogP contribution < -0.4 is 5.48 Å². The number of carboxylic acid groups (broad SMARTS) is 1. The van der Waals surface area contributed by atoms with Crippen LogP contribution in [-0.4, -0.2) is 22.6 Å². The fraction of sp³-hybridized carbons (Fsp3) is 0.222. The number of aryl methyl sites for hydroxylation is 1. The van der Waals surface area contributed by atoms with Gasteiger partial charge in [0.05, 0.1) is 10.6 Å². The Morgan fingerprint density at radius 3 is 2.88 bits per heavy atom. The Kier molecular flexibility index (Phi) is 3.78. The Bertz CT molecular complexity index is 418. The number of nitro groups is 1. The SMILES string of the molecule is Cc1ccc(NOCC(=O)O)cc1[N+](=O)[O-]. The zero-order valence-corrected chi connectivity index (χ0v) is 8.47. The van der Waals surface area contributed by atoms with Gasteiger partial charge in [0.25, 0.3) is 5.69 Å². The lowest BCUT2D eigenvalue weighted by Gasteiger charge is -2.05. The smallest absolute Gasteiger partial charge is 0.332 e. The Balaban J connectivity index is 2.71. The molecule has 1 aromatic carbocycles. The third-order valence-electron chi connectivity index (χ3n) is 1.79. The van der Waals surface area contributed by atoms with Crippen molar-refractivity contribution in [3.05, 3.63) is 33.9 Å². The standard InChI is InChI=1S/C9H10N2O5/c1-6-2-3-7(4-8(6)11(14)15)10-16-5-9(12)13/h2-4,10H,5H2,1H3,(H,12,13). The molecule has 86 valence electrons. The van der Waals surface area contributed by atoms with Crippen LogP contribution in [0, 0.1) is 17.0 Å². The molecule has 0 aliphatic rings. The fourth-order valence-corrected chi connectivity index (χ4v) is 1.05. The molecule has 1 aromatic rings. The third kappa shape index (κ3) is 3.21. The van der Waals surface area contributed by atoms with Crippen molar-refractivity contribution in [2.75, 3.05) is 12.1 Å². The normalized spacial score (nSPS) is 9.81. The van der Waals surface area contributed by atoms with E-state index in [9.17, 15) is 14.9 Å². The fourth-order valence-electron chi connectivity index (χ4n) is 1.05. The van der Waals surface area contributed by atoms with Gasteiger partial charge < -0.3 is 5.11 Å². The van der Waals surface area contributed by atoms with Crippen LogP contribution in [0.25, 0.3) is 0 Å². The van der Waals surface area contributed by atoms with E-state index >= 15 is 0 Å². The van der Waals surface area contributed by atoms with Crippen molar-refractivity contribution < 1.29 is 19.7 Å². The Hall–Kier alpha value is -2.15. The quantitative estimate of drug-likeness (QED) is 0.580. The van der Waals surface area contributed by atoms with E-state index in [1.165, 1.54) is 6.07 Å². The summed E-state index contributed by atoms with van der Waals surface area (Å²) in [6.07, 6.45) is 0. The summed E-state index contributed by atoms with van der Waals surface area (Å²) < 4.78 is 0. The molecule has 7 heteroatoms. The maximum absolute atomic E-state index is 10.6. The highest BCUT2D eigenvalue weighted by atomic mass is 16.7. The summed E-state index contributed by atoms with van der Waals surface area (Å²) in [5.41, 5.74) is 3.12. The van der Waals surface area contributed by atoms with Crippen LogP contribution in [0.15, 0.2) is 18.2 Å².